The number of aliphatic imine (C=N–C) groups is 1. The Hall–Kier alpha value is -0.530. The van der Waals surface area contributed by atoms with Gasteiger partial charge in [-0.3, -0.25) is 9.79 Å². The Morgan fingerprint density at radius 3 is 2.00 bits per heavy atom. The van der Waals surface area contributed by atoms with Gasteiger partial charge in [-0.05, 0) is 27.7 Å². The van der Waals surface area contributed by atoms with E-state index in [9.17, 15) is 4.79 Å². The van der Waals surface area contributed by atoms with E-state index in [1.165, 1.54) is 0 Å². The van der Waals surface area contributed by atoms with Crippen molar-refractivity contribution in [2.75, 3.05) is 19.6 Å². The van der Waals surface area contributed by atoms with Gasteiger partial charge in [-0.25, -0.2) is 0 Å². The van der Waals surface area contributed by atoms with Gasteiger partial charge in [-0.1, -0.05) is 0 Å². The van der Waals surface area contributed by atoms with Crippen LogP contribution in [0.2, 0.25) is 0 Å². The lowest BCUT2D eigenvalue weighted by Gasteiger charge is -2.18. The van der Waals surface area contributed by atoms with Crippen LogP contribution in [0.4, 0.5) is 0 Å². The van der Waals surface area contributed by atoms with Gasteiger partial charge in [0.2, 0.25) is 5.91 Å². The van der Waals surface area contributed by atoms with Crippen LogP contribution in [0, 0.1) is 5.41 Å². The van der Waals surface area contributed by atoms with E-state index in [2.05, 4.69) is 15.6 Å². The van der Waals surface area contributed by atoms with Crippen molar-refractivity contribution in [3.05, 3.63) is 0 Å². The Balaban J connectivity index is 0. The van der Waals surface area contributed by atoms with Crippen LogP contribution in [0.1, 0.15) is 27.7 Å². The SMILES string of the molecule is CCNC(=NCC(C)(C)C(N)=O)NCC.I. The Labute approximate surface area is 115 Å². The minimum atomic E-state index is -0.601. The summed E-state index contributed by atoms with van der Waals surface area (Å²) in [5.74, 6) is 0.382. The molecule has 0 aromatic heterocycles. The zero-order valence-corrected chi connectivity index (χ0v) is 12.8. The summed E-state index contributed by atoms with van der Waals surface area (Å²) in [4.78, 5) is 15.4. The Morgan fingerprint density at radius 2 is 1.69 bits per heavy atom. The molecule has 0 aliphatic carbocycles. The molecule has 0 saturated carbocycles. The summed E-state index contributed by atoms with van der Waals surface area (Å²) < 4.78 is 0. The van der Waals surface area contributed by atoms with Gasteiger partial charge in [0.15, 0.2) is 5.96 Å². The van der Waals surface area contributed by atoms with Crippen LogP contribution < -0.4 is 16.4 Å². The lowest BCUT2D eigenvalue weighted by Crippen LogP contribution is -2.40. The maximum Gasteiger partial charge on any atom is 0.224 e. The molecule has 0 saturated heterocycles. The molecule has 6 heteroatoms. The quantitative estimate of drug-likeness (QED) is 0.391. The molecule has 4 N–H and O–H groups in total. The van der Waals surface area contributed by atoms with Crippen LogP contribution in [0.25, 0.3) is 0 Å². The van der Waals surface area contributed by atoms with Crippen molar-refractivity contribution >= 4 is 35.8 Å². The largest absolute Gasteiger partial charge is 0.369 e. The minimum absolute atomic E-state index is 0. The van der Waals surface area contributed by atoms with E-state index < -0.39 is 5.41 Å². The van der Waals surface area contributed by atoms with Crippen molar-refractivity contribution in [1.29, 1.82) is 0 Å². The molecule has 0 aliphatic rings. The number of primary amides is 1. The van der Waals surface area contributed by atoms with Gasteiger partial charge in [0.05, 0.1) is 12.0 Å². The highest BCUT2D eigenvalue weighted by Crippen LogP contribution is 2.13. The van der Waals surface area contributed by atoms with E-state index >= 15 is 0 Å². The Kier molecular flexibility index (Phi) is 9.60. The summed E-state index contributed by atoms with van der Waals surface area (Å²) in [5, 5.41) is 6.16. The molecule has 0 atom stereocenters. The van der Waals surface area contributed by atoms with Crippen LogP contribution in [0.15, 0.2) is 4.99 Å². The maximum absolute atomic E-state index is 11.1. The fourth-order valence-electron chi connectivity index (χ4n) is 0.864. The predicted molar refractivity (Wildman–Crippen MR) is 78.0 cm³/mol. The van der Waals surface area contributed by atoms with Crippen molar-refractivity contribution in [2.24, 2.45) is 16.1 Å². The lowest BCUT2D eigenvalue weighted by atomic mass is 9.93. The smallest absolute Gasteiger partial charge is 0.224 e. The number of hydrogen-bond donors (Lipinski definition) is 3. The molecule has 0 bridgehead atoms. The third-order valence-electron chi connectivity index (χ3n) is 1.99. The van der Waals surface area contributed by atoms with Gasteiger partial charge in [0.25, 0.3) is 0 Å². The van der Waals surface area contributed by atoms with Crippen LogP contribution >= 0.6 is 24.0 Å². The molecule has 0 aromatic carbocycles. The number of hydrogen-bond acceptors (Lipinski definition) is 2. The Bertz CT molecular complexity index is 233. The van der Waals surface area contributed by atoms with Crippen LogP contribution in [-0.2, 0) is 4.79 Å². The third kappa shape index (κ3) is 6.86. The molecule has 0 aliphatic heterocycles. The number of nitrogens with two attached hydrogens (primary N) is 1. The zero-order chi connectivity index (χ0) is 11.9. The molecular weight excluding hydrogens is 319 g/mol. The van der Waals surface area contributed by atoms with Crippen LogP contribution in [-0.4, -0.2) is 31.5 Å². The van der Waals surface area contributed by atoms with Gasteiger partial charge in [-0.15, -0.1) is 24.0 Å². The monoisotopic (exact) mass is 342 g/mol. The molecule has 0 aromatic rings. The molecule has 96 valence electrons. The molecule has 0 rings (SSSR count). The highest BCUT2D eigenvalue weighted by molar-refractivity contribution is 14.0. The molecule has 0 spiro atoms. The van der Waals surface area contributed by atoms with Crippen molar-refractivity contribution in [3.63, 3.8) is 0 Å². The average molecular weight is 342 g/mol. The van der Waals surface area contributed by atoms with Crippen molar-refractivity contribution in [3.8, 4) is 0 Å². The van der Waals surface area contributed by atoms with Crippen molar-refractivity contribution < 1.29 is 4.79 Å². The third-order valence-corrected chi connectivity index (χ3v) is 1.99. The van der Waals surface area contributed by atoms with Gasteiger partial charge < -0.3 is 16.4 Å². The standard InChI is InChI=1S/C10H22N4O.HI/c1-5-12-9(13-6-2)14-7-10(3,4)8(11)15;/h5-7H2,1-4H3,(H2,11,15)(H2,12,13,14);1H. The van der Waals surface area contributed by atoms with E-state index in [4.69, 9.17) is 5.73 Å². The number of nitrogens with one attached hydrogen (secondary N) is 2. The molecule has 0 unspecified atom stereocenters. The van der Waals surface area contributed by atoms with Gasteiger partial charge in [-0.2, -0.15) is 0 Å². The number of amides is 1. The van der Waals surface area contributed by atoms with E-state index in [1.54, 1.807) is 13.8 Å². The molecule has 0 radical (unpaired) electrons. The first kappa shape index (κ1) is 17.9. The number of rotatable bonds is 5. The lowest BCUT2D eigenvalue weighted by molar-refractivity contribution is -0.125. The number of carbonyl (C=O) groups excluding carboxylic acids is 1. The summed E-state index contributed by atoms with van der Waals surface area (Å²) in [6.07, 6.45) is 0. The maximum atomic E-state index is 11.1. The first-order chi connectivity index (χ1) is 6.94. The molecular formula is C10H23IN4O. The highest BCUT2D eigenvalue weighted by atomic mass is 127. The summed E-state index contributed by atoms with van der Waals surface area (Å²) in [6, 6.07) is 0. The first-order valence-corrected chi connectivity index (χ1v) is 5.26. The normalized spacial score (nSPS) is 10.0. The fourth-order valence-corrected chi connectivity index (χ4v) is 0.864. The second-order valence-electron chi connectivity index (χ2n) is 3.97. The topological polar surface area (TPSA) is 79.5 Å². The van der Waals surface area contributed by atoms with Crippen molar-refractivity contribution in [2.45, 2.75) is 27.7 Å². The van der Waals surface area contributed by atoms with E-state index in [-0.39, 0.29) is 29.9 Å². The van der Waals surface area contributed by atoms with Gasteiger partial charge in [0, 0.05) is 13.1 Å². The highest BCUT2D eigenvalue weighted by Gasteiger charge is 2.24. The number of guanidine groups is 1. The average Bonchev–Trinajstić information content (AvgIpc) is 2.15. The second kappa shape index (κ2) is 8.60. The van der Waals surface area contributed by atoms with Gasteiger partial charge >= 0.3 is 0 Å². The van der Waals surface area contributed by atoms with E-state index in [1.807, 2.05) is 13.8 Å². The molecule has 0 fully saturated rings. The summed E-state index contributed by atoms with van der Waals surface area (Å²) in [5.41, 5.74) is 4.65. The summed E-state index contributed by atoms with van der Waals surface area (Å²) in [6.45, 7) is 9.53. The van der Waals surface area contributed by atoms with Gasteiger partial charge in [0.1, 0.15) is 0 Å². The zero-order valence-electron chi connectivity index (χ0n) is 10.5. The fraction of sp³-hybridized carbons (Fsp3) is 0.800. The molecule has 0 heterocycles. The molecule has 5 nitrogen and oxygen atoms in total. The van der Waals surface area contributed by atoms with E-state index in [0.717, 1.165) is 13.1 Å². The van der Waals surface area contributed by atoms with Crippen LogP contribution in [0.3, 0.4) is 0 Å². The number of carbonyl (C=O) groups is 1. The summed E-state index contributed by atoms with van der Waals surface area (Å²) >= 11 is 0. The molecule has 16 heavy (non-hydrogen) atoms. The number of halogens is 1. The van der Waals surface area contributed by atoms with Crippen molar-refractivity contribution in [1.82, 2.24) is 10.6 Å². The summed E-state index contributed by atoms with van der Waals surface area (Å²) in [7, 11) is 0. The first-order valence-electron chi connectivity index (χ1n) is 5.26. The van der Waals surface area contributed by atoms with Crippen LogP contribution in [0.5, 0.6) is 0 Å². The Morgan fingerprint density at radius 1 is 1.25 bits per heavy atom. The predicted octanol–water partition coefficient (Wildman–Crippen LogP) is 0.691. The second-order valence-corrected chi connectivity index (χ2v) is 3.97. The minimum Gasteiger partial charge on any atom is -0.369 e. The number of nitrogens with zero attached hydrogens (tertiary/aromatic N) is 1. The molecule has 1 amide bonds. The van der Waals surface area contributed by atoms with E-state index in [0.29, 0.717) is 12.5 Å².